The minimum Gasteiger partial charge on any atom is -0.497 e. The number of carboxylic acids is 1. The van der Waals surface area contributed by atoms with Gasteiger partial charge in [0.15, 0.2) is 0 Å². The monoisotopic (exact) mass is 405 g/mol. The summed E-state index contributed by atoms with van der Waals surface area (Å²) in [4.78, 5) is 23.1. The first-order chi connectivity index (χ1) is 13.6. The van der Waals surface area contributed by atoms with Crippen molar-refractivity contribution < 1.29 is 33.3 Å². The molecule has 0 atom stereocenters. The van der Waals surface area contributed by atoms with Gasteiger partial charge in [-0.1, -0.05) is 0 Å². The van der Waals surface area contributed by atoms with Gasteiger partial charge in [0, 0.05) is 5.56 Å². The molecule has 0 unspecified atom stereocenters. The number of nitrogens with one attached hydrogen (secondary N) is 1. The number of rotatable bonds is 7. The number of ether oxygens (including phenoxy) is 3. The Hall–Kier alpha value is -3.29. The summed E-state index contributed by atoms with van der Waals surface area (Å²) in [6.07, 6.45) is -0.584. The van der Waals surface area contributed by atoms with Gasteiger partial charge in [-0.3, -0.25) is 0 Å². The molecule has 0 spiro atoms. The Morgan fingerprint density at radius 2 is 1.83 bits per heavy atom. The zero-order valence-corrected chi connectivity index (χ0v) is 16.7. The highest BCUT2D eigenvalue weighted by Gasteiger charge is 2.16. The molecule has 0 heterocycles. The van der Waals surface area contributed by atoms with Gasteiger partial charge in [0.25, 0.3) is 0 Å². The van der Waals surface area contributed by atoms with Crippen molar-refractivity contribution in [3.05, 3.63) is 47.8 Å². The van der Waals surface area contributed by atoms with Gasteiger partial charge < -0.3 is 24.6 Å². The maximum Gasteiger partial charge on any atom is 0.407 e. The van der Waals surface area contributed by atoms with Crippen LogP contribution in [0.2, 0.25) is 0 Å². The van der Waals surface area contributed by atoms with Crippen LogP contribution < -0.4 is 14.8 Å². The van der Waals surface area contributed by atoms with Crippen LogP contribution in [0.25, 0.3) is 11.1 Å². The molecular formula is C21H24FNO6. The highest BCUT2D eigenvalue weighted by atomic mass is 19.1. The highest BCUT2D eigenvalue weighted by molar-refractivity contribution is 5.90. The topological polar surface area (TPSA) is 94.1 Å². The molecular weight excluding hydrogens is 381 g/mol. The van der Waals surface area contributed by atoms with Crippen molar-refractivity contribution in [2.75, 3.05) is 20.3 Å². The van der Waals surface area contributed by atoms with Gasteiger partial charge >= 0.3 is 12.1 Å². The Morgan fingerprint density at radius 3 is 2.45 bits per heavy atom. The van der Waals surface area contributed by atoms with Crippen molar-refractivity contribution >= 4 is 12.1 Å². The van der Waals surface area contributed by atoms with Crippen molar-refractivity contribution in [2.45, 2.75) is 26.4 Å². The van der Waals surface area contributed by atoms with Crippen LogP contribution in [0, 0.1) is 5.82 Å². The molecule has 7 nitrogen and oxygen atoms in total. The van der Waals surface area contributed by atoms with E-state index in [1.807, 2.05) is 0 Å². The van der Waals surface area contributed by atoms with E-state index in [1.165, 1.54) is 43.5 Å². The zero-order valence-electron chi connectivity index (χ0n) is 16.7. The molecule has 0 saturated heterocycles. The highest BCUT2D eigenvalue weighted by Crippen LogP contribution is 2.31. The van der Waals surface area contributed by atoms with Gasteiger partial charge in [-0.05, 0) is 62.7 Å². The smallest absolute Gasteiger partial charge is 0.407 e. The van der Waals surface area contributed by atoms with Gasteiger partial charge in [-0.15, -0.1) is 0 Å². The predicted octanol–water partition coefficient (Wildman–Crippen LogP) is 4.10. The van der Waals surface area contributed by atoms with Crippen LogP contribution in [0.3, 0.4) is 0 Å². The third-order valence-corrected chi connectivity index (χ3v) is 3.68. The Labute approximate surface area is 168 Å². The molecule has 0 aliphatic heterocycles. The van der Waals surface area contributed by atoms with Crippen LogP contribution >= 0.6 is 0 Å². The Balaban J connectivity index is 2.15. The van der Waals surface area contributed by atoms with Crippen LogP contribution in [-0.2, 0) is 4.74 Å². The largest absolute Gasteiger partial charge is 0.497 e. The second kappa shape index (κ2) is 9.27. The van der Waals surface area contributed by atoms with Gasteiger partial charge in [-0.25, -0.2) is 14.0 Å². The summed E-state index contributed by atoms with van der Waals surface area (Å²) in [6.45, 7) is 5.47. The van der Waals surface area contributed by atoms with E-state index in [9.17, 15) is 19.1 Å². The first kappa shape index (κ1) is 22.0. The zero-order chi connectivity index (χ0) is 21.6. The first-order valence-electron chi connectivity index (χ1n) is 8.91. The summed E-state index contributed by atoms with van der Waals surface area (Å²) in [5, 5.41) is 11.9. The number of alkyl carbamates (subject to hydrolysis) is 1. The third kappa shape index (κ3) is 6.67. The molecule has 2 aromatic rings. The Kier molecular flexibility index (Phi) is 7.03. The fourth-order valence-electron chi connectivity index (χ4n) is 2.45. The number of carbonyl (C=O) groups is 2. The van der Waals surface area contributed by atoms with Gasteiger partial charge in [-0.2, -0.15) is 0 Å². The summed E-state index contributed by atoms with van der Waals surface area (Å²) in [5.41, 5.74) is -0.156. The molecule has 8 heteroatoms. The molecule has 0 saturated carbocycles. The lowest BCUT2D eigenvalue weighted by Crippen LogP contribution is -2.34. The first-order valence-corrected chi connectivity index (χ1v) is 8.91. The Bertz CT molecular complexity index is 891. The molecule has 2 aromatic carbocycles. The second-order valence-electron chi connectivity index (χ2n) is 7.17. The average molecular weight is 405 g/mol. The number of amides is 1. The predicted molar refractivity (Wildman–Crippen MR) is 105 cm³/mol. The molecule has 29 heavy (non-hydrogen) atoms. The quantitative estimate of drug-likeness (QED) is 0.674. The van der Waals surface area contributed by atoms with Crippen LogP contribution in [0.4, 0.5) is 9.18 Å². The van der Waals surface area contributed by atoms with E-state index in [4.69, 9.17) is 14.2 Å². The fourth-order valence-corrected chi connectivity index (χ4v) is 2.45. The van der Waals surface area contributed by atoms with E-state index in [-0.39, 0.29) is 30.0 Å². The van der Waals surface area contributed by atoms with Crippen molar-refractivity contribution in [3.63, 3.8) is 0 Å². The van der Waals surface area contributed by atoms with Crippen LogP contribution in [0.5, 0.6) is 11.5 Å². The van der Waals surface area contributed by atoms with Crippen LogP contribution in [-0.4, -0.2) is 43.0 Å². The van der Waals surface area contributed by atoms with E-state index in [0.717, 1.165) is 0 Å². The number of benzene rings is 2. The molecule has 0 fully saturated rings. The number of methoxy groups -OCH3 is 1. The van der Waals surface area contributed by atoms with E-state index in [2.05, 4.69) is 5.32 Å². The van der Waals surface area contributed by atoms with Crippen LogP contribution in [0.1, 0.15) is 31.1 Å². The number of hydrogen-bond donors (Lipinski definition) is 2. The molecule has 2 rings (SSSR count). The minimum atomic E-state index is -1.17. The number of aromatic carboxylic acids is 1. The Morgan fingerprint density at radius 1 is 1.10 bits per heavy atom. The molecule has 0 aliphatic rings. The lowest BCUT2D eigenvalue weighted by atomic mass is 10.0. The fraction of sp³-hybridized carbons (Fsp3) is 0.333. The molecule has 0 radical (unpaired) electrons. The van der Waals surface area contributed by atoms with Gasteiger partial charge in [0.2, 0.25) is 0 Å². The number of hydrogen-bond acceptors (Lipinski definition) is 5. The molecule has 2 N–H and O–H groups in total. The summed E-state index contributed by atoms with van der Waals surface area (Å²) in [5.74, 6) is -1.03. The normalized spacial score (nSPS) is 10.9. The summed E-state index contributed by atoms with van der Waals surface area (Å²) >= 11 is 0. The molecule has 0 bridgehead atoms. The molecule has 0 aliphatic carbocycles. The molecule has 156 valence electrons. The van der Waals surface area contributed by atoms with Crippen molar-refractivity contribution in [1.29, 1.82) is 0 Å². The summed E-state index contributed by atoms with van der Waals surface area (Å²) < 4.78 is 30.1. The van der Waals surface area contributed by atoms with Crippen molar-refractivity contribution in [2.24, 2.45) is 0 Å². The third-order valence-electron chi connectivity index (χ3n) is 3.68. The average Bonchev–Trinajstić information content (AvgIpc) is 2.64. The van der Waals surface area contributed by atoms with E-state index in [0.29, 0.717) is 11.3 Å². The maximum absolute atomic E-state index is 14.3. The van der Waals surface area contributed by atoms with E-state index in [1.54, 1.807) is 20.8 Å². The van der Waals surface area contributed by atoms with Crippen molar-refractivity contribution in [1.82, 2.24) is 5.32 Å². The second-order valence-corrected chi connectivity index (χ2v) is 7.17. The summed E-state index contributed by atoms with van der Waals surface area (Å²) in [7, 11) is 1.46. The van der Waals surface area contributed by atoms with E-state index < -0.39 is 23.5 Å². The van der Waals surface area contributed by atoms with Crippen LogP contribution in [0.15, 0.2) is 36.4 Å². The summed E-state index contributed by atoms with van der Waals surface area (Å²) in [6, 6.07) is 8.40. The minimum absolute atomic E-state index is 0.0557. The number of halogens is 1. The molecule has 0 aromatic heterocycles. The van der Waals surface area contributed by atoms with Gasteiger partial charge in [0.05, 0.1) is 19.2 Å². The molecule has 1 amide bonds. The lowest BCUT2D eigenvalue weighted by Gasteiger charge is -2.19. The SMILES string of the molecule is COc1ccc(F)c(-c2cc(OCCNC(=O)OC(C)(C)C)cc(C(=O)O)c2)c1. The van der Waals surface area contributed by atoms with E-state index >= 15 is 0 Å². The standard InChI is InChI=1S/C21H24FNO6/c1-21(2,3)29-20(26)23-7-8-28-16-10-13(9-14(11-16)19(24)25)17-12-15(27-4)5-6-18(17)22/h5-6,9-12H,7-8H2,1-4H3,(H,23,26)(H,24,25). The van der Waals surface area contributed by atoms with Crippen molar-refractivity contribution in [3.8, 4) is 22.6 Å². The maximum atomic E-state index is 14.3. The lowest BCUT2D eigenvalue weighted by molar-refractivity contribution is 0.0520. The van der Waals surface area contributed by atoms with Gasteiger partial charge in [0.1, 0.15) is 29.5 Å². The number of carboxylic acid groups (broad SMARTS) is 1. The number of carbonyl (C=O) groups excluding carboxylic acids is 1.